The first kappa shape index (κ1) is 12.3. The van der Waals surface area contributed by atoms with Crippen molar-refractivity contribution >= 4 is 5.91 Å². The zero-order valence-corrected chi connectivity index (χ0v) is 9.84. The van der Waals surface area contributed by atoms with Gasteiger partial charge < -0.3 is 10.4 Å². The van der Waals surface area contributed by atoms with Gasteiger partial charge >= 0.3 is 0 Å². The van der Waals surface area contributed by atoms with E-state index in [4.69, 9.17) is 0 Å². The first-order valence-corrected chi connectivity index (χ1v) is 5.73. The number of aliphatic hydroxyl groups is 1. The fourth-order valence-corrected chi connectivity index (χ4v) is 1.72. The van der Waals surface area contributed by atoms with Crippen molar-refractivity contribution in [2.75, 3.05) is 6.61 Å². The van der Waals surface area contributed by atoms with Crippen LogP contribution in [0.25, 0.3) is 0 Å². The van der Waals surface area contributed by atoms with Gasteiger partial charge in [-0.1, -0.05) is 30.3 Å². The lowest BCUT2D eigenvalue weighted by molar-refractivity contribution is -0.121. The molecular formula is C13H15N3O2. The van der Waals surface area contributed by atoms with Crippen molar-refractivity contribution in [3.8, 4) is 0 Å². The van der Waals surface area contributed by atoms with Gasteiger partial charge in [-0.25, -0.2) is 0 Å². The van der Waals surface area contributed by atoms with E-state index in [0.29, 0.717) is 0 Å². The number of aromatic nitrogens is 2. The molecule has 5 heteroatoms. The van der Waals surface area contributed by atoms with E-state index in [1.807, 2.05) is 30.3 Å². The third-order valence-corrected chi connectivity index (χ3v) is 2.63. The van der Waals surface area contributed by atoms with Crippen LogP contribution in [0.2, 0.25) is 0 Å². The molecule has 0 saturated carbocycles. The summed E-state index contributed by atoms with van der Waals surface area (Å²) in [5, 5.41) is 18.6. The van der Waals surface area contributed by atoms with Crippen LogP contribution in [0.15, 0.2) is 42.6 Å². The Labute approximate surface area is 105 Å². The van der Waals surface area contributed by atoms with Crippen molar-refractivity contribution in [1.82, 2.24) is 15.5 Å². The van der Waals surface area contributed by atoms with Crippen LogP contribution in [0, 0.1) is 0 Å². The third kappa shape index (κ3) is 3.18. The predicted octanol–water partition coefficient (Wildman–Crippen LogP) is 0.802. The summed E-state index contributed by atoms with van der Waals surface area (Å²) in [7, 11) is 0. The molecule has 0 aliphatic carbocycles. The molecule has 5 nitrogen and oxygen atoms in total. The summed E-state index contributed by atoms with van der Waals surface area (Å²) < 4.78 is 0. The molecule has 0 fully saturated rings. The van der Waals surface area contributed by atoms with E-state index >= 15 is 0 Å². The summed E-state index contributed by atoms with van der Waals surface area (Å²) in [5.74, 6) is -0.151. The number of nitrogens with zero attached hydrogens (tertiary/aromatic N) is 1. The number of nitrogens with one attached hydrogen (secondary N) is 2. The number of hydrogen-bond donors (Lipinski definition) is 3. The number of carbonyl (C=O) groups is 1. The van der Waals surface area contributed by atoms with Crippen molar-refractivity contribution in [3.05, 3.63) is 53.9 Å². The van der Waals surface area contributed by atoms with E-state index in [-0.39, 0.29) is 25.0 Å². The van der Waals surface area contributed by atoms with E-state index in [9.17, 15) is 9.90 Å². The topological polar surface area (TPSA) is 78.0 Å². The minimum atomic E-state index is -0.373. The molecule has 1 aromatic carbocycles. The van der Waals surface area contributed by atoms with Gasteiger partial charge in [-0.2, -0.15) is 5.10 Å². The maximum atomic E-state index is 11.8. The van der Waals surface area contributed by atoms with Gasteiger partial charge in [-0.3, -0.25) is 9.89 Å². The standard InChI is InChI=1S/C13H15N3O2/c17-9-12(10-4-2-1-3-5-10)15-13(18)8-11-6-7-14-16-11/h1-7,12,17H,8-9H2,(H,14,16)(H,15,18). The number of hydrogen-bond acceptors (Lipinski definition) is 3. The third-order valence-electron chi connectivity index (χ3n) is 2.63. The highest BCUT2D eigenvalue weighted by atomic mass is 16.3. The molecule has 0 bridgehead atoms. The van der Waals surface area contributed by atoms with E-state index in [1.54, 1.807) is 12.3 Å². The Kier molecular flexibility index (Phi) is 4.09. The minimum absolute atomic E-state index is 0.126. The van der Waals surface area contributed by atoms with Gasteiger partial charge in [0.15, 0.2) is 0 Å². The number of benzene rings is 1. The molecule has 2 aromatic rings. The Morgan fingerprint density at radius 3 is 2.72 bits per heavy atom. The summed E-state index contributed by atoms with van der Waals surface area (Å²) in [5.41, 5.74) is 1.63. The van der Waals surface area contributed by atoms with Crippen LogP contribution in [-0.4, -0.2) is 27.8 Å². The normalized spacial score (nSPS) is 12.1. The van der Waals surface area contributed by atoms with Crippen molar-refractivity contribution < 1.29 is 9.90 Å². The van der Waals surface area contributed by atoms with Gasteiger partial charge in [0.05, 0.1) is 19.1 Å². The maximum absolute atomic E-state index is 11.8. The van der Waals surface area contributed by atoms with Crippen LogP contribution in [0.4, 0.5) is 0 Å². The number of rotatable bonds is 5. The average Bonchev–Trinajstić information content (AvgIpc) is 2.90. The zero-order valence-electron chi connectivity index (χ0n) is 9.84. The largest absolute Gasteiger partial charge is 0.394 e. The van der Waals surface area contributed by atoms with Gasteiger partial charge in [0.25, 0.3) is 0 Å². The first-order chi connectivity index (χ1) is 8.79. The second-order valence-corrected chi connectivity index (χ2v) is 3.97. The minimum Gasteiger partial charge on any atom is -0.394 e. The molecule has 1 amide bonds. The van der Waals surface area contributed by atoms with Crippen LogP contribution >= 0.6 is 0 Å². The molecular weight excluding hydrogens is 230 g/mol. The molecule has 1 unspecified atom stereocenters. The van der Waals surface area contributed by atoms with E-state index in [2.05, 4.69) is 15.5 Å². The molecule has 0 aliphatic heterocycles. The van der Waals surface area contributed by atoms with Crippen molar-refractivity contribution in [3.63, 3.8) is 0 Å². The molecule has 0 spiro atoms. The molecule has 1 heterocycles. The summed E-state index contributed by atoms with van der Waals surface area (Å²) in [6.45, 7) is -0.126. The summed E-state index contributed by atoms with van der Waals surface area (Å²) >= 11 is 0. The maximum Gasteiger partial charge on any atom is 0.226 e. The Morgan fingerprint density at radius 1 is 1.33 bits per heavy atom. The second kappa shape index (κ2) is 5.97. The van der Waals surface area contributed by atoms with Gasteiger partial charge in [0.2, 0.25) is 5.91 Å². The number of aromatic amines is 1. The molecule has 1 atom stereocenters. The summed E-state index contributed by atoms with van der Waals surface area (Å²) in [6, 6.07) is 10.8. The number of carbonyl (C=O) groups excluding carboxylic acids is 1. The molecule has 18 heavy (non-hydrogen) atoms. The van der Waals surface area contributed by atoms with Crippen LogP contribution < -0.4 is 5.32 Å². The van der Waals surface area contributed by atoms with Crippen LogP contribution in [0.1, 0.15) is 17.3 Å². The highest BCUT2D eigenvalue weighted by Gasteiger charge is 2.13. The second-order valence-electron chi connectivity index (χ2n) is 3.97. The molecule has 2 rings (SSSR count). The molecule has 94 valence electrons. The fraction of sp³-hybridized carbons (Fsp3) is 0.231. The smallest absolute Gasteiger partial charge is 0.226 e. The highest BCUT2D eigenvalue weighted by molar-refractivity contribution is 5.78. The van der Waals surface area contributed by atoms with E-state index in [0.717, 1.165) is 11.3 Å². The number of H-pyrrole nitrogens is 1. The molecule has 0 saturated heterocycles. The van der Waals surface area contributed by atoms with Gasteiger partial charge in [0, 0.05) is 11.9 Å². The van der Waals surface area contributed by atoms with Gasteiger partial charge in [-0.05, 0) is 11.6 Å². The zero-order chi connectivity index (χ0) is 12.8. The number of aliphatic hydroxyl groups excluding tert-OH is 1. The van der Waals surface area contributed by atoms with Gasteiger partial charge in [-0.15, -0.1) is 0 Å². The van der Waals surface area contributed by atoms with E-state index in [1.165, 1.54) is 0 Å². The van der Waals surface area contributed by atoms with Gasteiger partial charge in [0.1, 0.15) is 0 Å². The lowest BCUT2D eigenvalue weighted by Crippen LogP contribution is -2.32. The Balaban J connectivity index is 1.96. The molecule has 0 radical (unpaired) electrons. The lowest BCUT2D eigenvalue weighted by Gasteiger charge is -2.16. The SMILES string of the molecule is O=C(Cc1ccn[nH]1)NC(CO)c1ccccc1. The Bertz CT molecular complexity index is 482. The van der Waals surface area contributed by atoms with Crippen molar-refractivity contribution in [2.24, 2.45) is 0 Å². The number of amides is 1. The predicted molar refractivity (Wildman–Crippen MR) is 66.7 cm³/mol. The average molecular weight is 245 g/mol. The quantitative estimate of drug-likeness (QED) is 0.729. The van der Waals surface area contributed by atoms with E-state index < -0.39 is 0 Å². The fourth-order valence-electron chi connectivity index (χ4n) is 1.72. The highest BCUT2D eigenvalue weighted by Crippen LogP contribution is 2.11. The summed E-state index contributed by atoms with van der Waals surface area (Å²) in [4.78, 5) is 11.8. The molecule has 1 aromatic heterocycles. The summed E-state index contributed by atoms with van der Waals surface area (Å²) in [6.07, 6.45) is 1.83. The van der Waals surface area contributed by atoms with Crippen LogP contribution in [-0.2, 0) is 11.2 Å². The molecule has 0 aliphatic rings. The lowest BCUT2D eigenvalue weighted by atomic mass is 10.1. The van der Waals surface area contributed by atoms with Crippen molar-refractivity contribution in [1.29, 1.82) is 0 Å². The van der Waals surface area contributed by atoms with Crippen LogP contribution in [0.5, 0.6) is 0 Å². The Morgan fingerprint density at radius 2 is 2.11 bits per heavy atom. The monoisotopic (exact) mass is 245 g/mol. The van der Waals surface area contributed by atoms with Crippen molar-refractivity contribution in [2.45, 2.75) is 12.5 Å². The Hall–Kier alpha value is -2.14. The van der Waals surface area contributed by atoms with Crippen LogP contribution in [0.3, 0.4) is 0 Å². The first-order valence-electron chi connectivity index (χ1n) is 5.73. The molecule has 3 N–H and O–H groups in total.